The van der Waals surface area contributed by atoms with Crippen molar-refractivity contribution < 1.29 is 8.42 Å². The molecule has 0 saturated heterocycles. The third kappa shape index (κ3) is 2.62. The minimum atomic E-state index is -3.21. The quantitative estimate of drug-likeness (QED) is 0.780. The van der Waals surface area contributed by atoms with E-state index in [1.165, 1.54) is 6.26 Å². The number of benzene rings is 2. The van der Waals surface area contributed by atoms with E-state index in [4.69, 9.17) is 0 Å². The molecular formula is C15H15N3O2S. The normalized spacial score (nSPS) is 11.7. The molecule has 0 unspecified atom stereocenters. The predicted octanol–water partition coefficient (Wildman–Crippen LogP) is 2.68. The molecule has 0 spiro atoms. The molecule has 2 aromatic carbocycles. The molecule has 1 heterocycles. The summed E-state index contributed by atoms with van der Waals surface area (Å²) in [7, 11) is -1.35. The molecule has 0 aliphatic heterocycles. The first-order valence-corrected chi connectivity index (χ1v) is 8.34. The average molecular weight is 301 g/mol. The Morgan fingerprint density at radius 3 is 2.43 bits per heavy atom. The first-order valence-electron chi connectivity index (χ1n) is 6.45. The lowest BCUT2D eigenvalue weighted by atomic mass is 10.2. The second-order valence-electron chi connectivity index (χ2n) is 4.86. The third-order valence-electron chi connectivity index (χ3n) is 3.33. The molecule has 0 bridgehead atoms. The van der Waals surface area contributed by atoms with Gasteiger partial charge in [-0.1, -0.05) is 0 Å². The fraction of sp³-hybridized carbons (Fsp3) is 0.133. The third-order valence-corrected chi connectivity index (χ3v) is 4.44. The van der Waals surface area contributed by atoms with Crippen molar-refractivity contribution in [2.75, 3.05) is 18.6 Å². The van der Waals surface area contributed by atoms with Crippen LogP contribution in [0.1, 0.15) is 0 Å². The molecule has 5 nitrogen and oxygen atoms in total. The Morgan fingerprint density at radius 2 is 1.81 bits per heavy atom. The molecule has 0 amide bonds. The number of anilines is 1. The highest BCUT2D eigenvalue weighted by Crippen LogP contribution is 2.23. The van der Waals surface area contributed by atoms with Gasteiger partial charge in [0.05, 0.1) is 15.9 Å². The number of H-pyrrole nitrogens is 1. The van der Waals surface area contributed by atoms with Gasteiger partial charge in [0.15, 0.2) is 9.84 Å². The predicted molar refractivity (Wildman–Crippen MR) is 84.2 cm³/mol. The zero-order chi connectivity index (χ0) is 15.0. The van der Waals surface area contributed by atoms with Crippen LogP contribution in [0.4, 0.5) is 5.69 Å². The topological polar surface area (TPSA) is 74.8 Å². The summed E-state index contributed by atoms with van der Waals surface area (Å²) in [5, 5.41) is 3.06. The highest BCUT2D eigenvalue weighted by Gasteiger charge is 2.10. The van der Waals surface area contributed by atoms with Crippen LogP contribution in [-0.4, -0.2) is 31.7 Å². The maximum atomic E-state index is 11.6. The standard InChI is InChI=1S/C15H15N3O2S/c1-16-11-5-3-10(4-6-11)15-17-13-8-7-12(21(2,19)20)9-14(13)18-15/h3-9,16H,1-2H3,(H,17,18). The summed E-state index contributed by atoms with van der Waals surface area (Å²) in [5.41, 5.74) is 3.43. The van der Waals surface area contributed by atoms with Gasteiger partial charge in [0.2, 0.25) is 0 Å². The minimum Gasteiger partial charge on any atom is -0.388 e. The summed E-state index contributed by atoms with van der Waals surface area (Å²) in [6.45, 7) is 0. The van der Waals surface area contributed by atoms with Gasteiger partial charge in [-0.05, 0) is 42.5 Å². The van der Waals surface area contributed by atoms with E-state index in [0.29, 0.717) is 5.52 Å². The zero-order valence-electron chi connectivity index (χ0n) is 11.7. The first-order chi connectivity index (χ1) is 9.97. The second-order valence-corrected chi connectivity index (χ2v) is 6.88. The molecule has 6 heteroatoms. The molecule has 21 heavy (non-hydrogen) atoms. The number of sulfone groups is 1. The van der Waals surface area contributed by atoms with Crippen LogP contribution in [0, 0.1) is 0 Å². The van der Waals surface area contributed by atoms with Crippen LogP contribution < -0.4 is 5.32 Å². The molecule has 3 aromatic rings. The number of aromatic nitrogens is 2. The Hall–Kier alpha value is -2.34. The Labute approximate surface area is 123 Å². The second kappa shape index (κ2) is 4.89. The molecule has 0 aliphatic carbocycles. The number of imidazole rings is 1. The van der Waals surface area contributed by atoms with Gasteiger partial charge in [0, 0.05) is 24.6 Å². The molecule has 0 atom stereocenters. The molecule has 0 radical (unpaired) electrons. The molecule has 3 rings (SSSR count). The molecular weight excluding hydrogens is 286 g/mol. The Kier molecular flexibility index (Phi) is 3.17. The van der Waals surface area contributed by atoms with Crippen molar-refractivity contribution in [3.05, 3.63) is 42.5 Å². The van der Waals surface area contributed by atoms with E-state index in [9.17, 15) is 8.42 Å². The summed E-state index contributed by atoms with van der Waals surface area (Å²) in [5.74, 6) is 0.721. The van der Waals surface area contributed by atoms with Crippen LogP contribution in [-0.2, 0) is 9.84 Å². The van der Waals surface area contributed by atoms with Crippen LogP contribution in [0.2, 0.25) is 0 Å². The molecule has 1 aromatic heterocycles. The van der Waals surface area contributed by atoms with Crippen molar-refractivity contribution in [1.82, 2.24) is 9.97 Å². The van der Waals surface area contributed by atoms with Crippen LogP contribution >= 0.6 is 0 Å². The monoisotopic (exact) mass is 301 g/mol. The first kappa shape index (κ1) is 13.6. The summed E-state index contributed by atoms with van der Waals surface area (Å²) in [6, 6.07) is 12.8. The Morgan fingerprint density at radius 1 is 1.10 bits per heavy atom. The van der Waals surface area contributed by atoms with Gasteiger partial charge >= 0.3 is 0 Å². The van der Waals surface area contributed by atoms with E-state index in [1.807, 2.05) is 31.3 Å². The van der Waals surface area contributed by atoms with E-state index in [1.54, 1.807) is 18.2 Å². The number of rotatable bonds is 3. The van der Waals surface area contributed by atoms with Gasteiger partial charge in [-0.2, -0.15) is 0 Å². The lowest BCUT2D eigenvalue weighted by Gasteiger charge is -2.00. The zero-order valence-corrected chi connectivity index (χ0v) is 12.5. The van der Waals surface area contributed by atoms with Crippen molar-refractivity contribution in [3.63, 3.8) is 0 Å². The van der Waals surface area contributed by atoms with Crippen LogP contribution in [0.5, 0.6) is 0 Å². The molecule has 0 saturated carbocycles. The number of aromatic amines is 1. The Balaban J connectivity index is 2.08. The molecule has 0 aliphatic rings. The Bertz CT molecular complexity index is 896. The van der Waals surface area contributed by atoms with Gasteiger partial charge in [-0.25, -0.2) is 13.4 Å². The largest absolute Gasteiger partial charge is 0.388 e. The lowest BCUT2D eigenvalue weighted by molar-refractivity contribution is 0.602. The lowest BCUT2D eigenvalue weighted by Crippen LogP contribution is -1.96. The maximum Gasteiger partial charge on any atom is 0.175 e. The summed E-state index contributed by atoms with van der Waals surface area (Å²) in [4.78, 5) is 7.94. The molecule has 108 valence electrons. The van der Waals surface area contributed by atoms with Crippen molar-refractivity contribution in [3.8, 4) is 11.4 Å². The fourth-order valence-corrected chi connectivity index (χ4v) is 2.80. The highest BCUT2D eigenvalue weighted by molar-refractivity contribution is 7.90. The van der Waals surface area contributed by atoms with Gasteiger partial charge in [-0.15, -0.1) is 0 Å². The van der Waals surface area contributed by atoms with E-state index in [-0.39, 0.29) is 4.90 Å². The van der Waals surface area contributed by atoms with Crippen LogP contribution in [0.15, 0.2) is 47.4 Å². The highest BCUT2D eigenvalue weighted by atomic mass is 32.2. The van der Waals surface area contributed by atoms with Crippen molar-refractivity contribution in [2.45, 2.75) is 4.90 Å². The minimum absolute atomic E-state index is 0.288. The van der Waals surface area contributed by atoms with E-state index < -0.39 is 9.84 Å². The number of hydrogen-bond acceptors (Lipinski definition) is 4. The van der Waals surface area contributed by atoms with Crippen molar-refractivity contribution >= 4 is 26.6 Å². The van der Waals surface area contributed by atoms with Crippen LogP contribution in [0.3, 0.4) is 0 Å². The van der Waals surface area contributed by atoms with E-state index in [0.717, 1.165) is 22.6 Å². The SMILES string of the molecule is CNc1ccc(-c2nc3ccc(S(C)(=O)=O)cc3[nH]2)cc1. The molecule has 2 N–H and O–H groups in total. The summed E-state index contributed by atoms with van der Waals surface area (Å²) >= 11 is 0. The van der Waals surface area contributed by atoms with Gasteiger partial charge < -0.3 is 10.3 Å². The van der Waals surface area contributed by atoms with Crippen molar-refractivity contribution in [2.24, 2.45) is 0 Å². The fourth-order valence-electron chi connectivity index (χ4n) is 2.15. The average Bonchev–Trinajstić information content (AvgIpc) is 2.89. The van der Waals surface area contributed by atoms with E-state index in [2.05, 4.69) is 15.3 Å². The van der Waals surface area contributed by atoms with Crippen LogP contribution in [0.25, 0.3) is 22.4 Å². The maximum absolute atomic E-state index is 11.6. The number of hydrogen-bond donors (Lipinski definition) is 2. The van der Waals surface area contributed by atoms with E-state index >= 15 is 0 Å². The summed E-state index contributed by atoms with van der Waals surface area (Å²) < 4.78 is 23.2. The summed E-state index contributed by atoms with van der Waals surface area (Å²) in [6.07, 6.45) is 1.20. The molecule has 0 fully saturated rings. The van der Waals surface area contributed by atoms with Crippen molar-refractivity contribution in [1.29, 1.82) is 0 Å². The van der Waals surface area contributed by atoms with Gasteiger partial charge in [0.25, 0.3) is 0 Å². The smallest absolute Gasteiger partial charge is 0.175 e. The van der Waals surface area contributed by atoms with Gasteiger partial charge in [-0.3, -0.25) is 0 Å². The number of fused-ring (bicyclic) bond motifs is 1. The number of nitrogens with zero attached hydrogens (tertiary/aromatic N) is 1. The van der Waals surface area contributed by atoms with Gasteiger partial charge in [0.1, 0.15) is 5.82 Å². The number of nitrogens with one attached hydrogen (secondary N) is 2.